The van der Waals surface area contributed by atoms with Gasteiger partial charge in [-0.05, 0) is 61.5 Å². The Hall–Kier alpha value is -3.19. The number of hydrogen-bond donors (Lipinski definition) is 2. The fraction of sp³-hybridized carbons (Fsp3) is 0.174. The third-order valence-corrected chi connectivity index (χ3v) is 8.77. The molecule has 0 radical (unpaired) electrons. The maximum Gasteiger partial charge on any atom is 0.261 e. The SMILES string of the molecule is CCS(=O)(=O)N(CC(=O)Nc1ccc(S(=O)(=O)Nc2cc(Cl)cc(Cl)c2)cc1)c1ccc2c(c1)OCO2. The highest BCUT2D eigenvalue weighted by Gasteiger charge is 2.26. The molecule has 14 heteroatoms. The van der Waals surface area contributed by atoms with Crippen LogP contribution in [0.1, 0.15) is 6.92 Å². The molecule has 2 N–H and O–H groups in total. The van der Waals surface area contributed by atoms with Crippen molar-refractivity contribution in [3.63, 3.8) is 0 Å². The van der Waals surface area contributed by atoms with Crippen molar-refractivity contribution in [2.75, 3.05) is 33.4 Å². The zero-order valence-corrected chi connectivity index (χ0v) is 22.4. The predicted octanol–water partition coefficient (Wildman–Crippen LogP) is 4.32. The van der Waals surface area contributed by atoms with Crippen molar-refractivity contribution >= 4 is 66.2 Å². The Bertz CT molecular complexity index is 1530. The van der Waals surface area contributed by atoms with Gasteiger partial charge < -0.3 is 14.8 Å². The molecule has 0 aliphatic carbocycles. The lowest BCUT2D eigenvalue weighted by Crippen LogP contribution is -2.39. The van der Waals surface area contributed by atoms with E-state index in [0.717, 1.165) is 4.31 Å². The molecule has 0 bridgehead atoms. The van der Waals surface area contributed by atoms with Gasteiger partial charge in [0.15, 0.2) is 11.5 Å². The number of nitrogens with zero attached hydrogens (tertiary/aromatic N) is 1. The molecule has 4 rings (SSSR count). The van der Waals surface area contributed by atoms with E-state index in [9.17, 15) is 21.6 Å². The number of sulfonamides is 2. The van der Waals surface area contributed by atoms with Crippen LogP contribution in [0.5, 0.6) is 11.5 Å². The Morgan fingerprint density at radius 2 is 1.54 bits per heavy atom. The van der Waals surface area contributed by atoms with Crippen LogP contribution in [0.2, 0.25) is 10.0 Å². The minimum Gasteiger partial charge on any atom is -0.454 e. The summed E-state index contributed by atoms with van der Waals surface area (Å²) in [7, 11) is -7.77. The van der Waals surface area contributed by atoms with Crippen molar-refractivity contribution in [3.8, 4) is 11.5 Å². The van der Waals surface area contributed by atoms with Gasteiger partial charge in [0.25, 0.3) is 10.0 Å². The summed E-state index contributed by atoms with van der Waals surface area (Å²) in [5.74, 6) is -0.00625. The van der Waals surface area contributed by atoms with Gasteiger partial charge >= 0.3 is 0 Å². The maximum absolute atomic E-state index is 12.8. The monoisotopic (exact) mass is 585 g/mol. The van der Waals surface area contributed by atoms with Gasteiger partial charge in [-0.25, -0.2) is 16.8 Å². The number of benzene rings is 3. The molecular weight excluding hydrogens is 565 g/mol. The quantitative estimate of drug-likeness (QED) is 0.382. The van der Waals surface area contributed by atoms with Crippen LogP contribution in [-0.4, -0.2) is 41.8 Å². The van der Waals surface area contributed by atoms with Crippen LogP contribution in [0.15, 0.2) is 65.6 Å². The second kappa shape index (κ2) is 10.7. The molecule has 196 valence electrons. The van der Waals surface area contributed by atoms with E-state index in [1.807, 2.05) is 0 Å². The summed E-state index contributed by atoms with van der Waals surface area (Å²) in [6, 6.07) is 14.2. The third-order valence-electron chi connectivity index (χ3n) is 5.20. The minimum absolute atomic E-state index is 0.0217. The molecule has 1 aliphatic heterocycles. The largest absolute Gasteiger partial charge is 0.454 e. The summed E-state index contributed by atoms with van der Waals surface area (Å²) >= 11 is 11.8. The van der Waals surface area contributed by atoms with Gasteiger partial charge in [-0.15, -0.1) is 0 Å². The molecular formula is C23H21Cl2N3O7S2. The van der Waals surface area contributed by atoms with Crippen molar-refractivity contribution < 1.29 is 31.1 Å². The summed E-state index contributed by atoms with van der Waals surface area (Å²) in [6.45, 7) is 0.985. The van der Waals surface area contributed by atoms with Gasteiger partial charge in [0, 0.05) is 21.8 Å². The number of fused-ring (bicyclic) bond motifs is 1. The second-order valence-electron chi connectivity index (χ2n) is 7.78. The lowest BCUT2D eigenvalue weighted by molar-refractivity contribution is -0.114. The average molecular weight is 586 g/mol. The lowest BCUT2D eigenvalue weighted by Gasteiger charge is -2.23. The van der Waals surface area contributed by atoms with E-state index >= 15 is 0 Å². The van der Waals surface area contributed by atoms with Crippen molar-refractivity contribution in [3.05, 3.63) is 70.7 Å². The summed E-state index contributed by atoms with van der Waals surface area (Å²) < 4.78 is 64.8. The minimum atomic E-state index is -3.96. The first-order chi connectivity index (χ1) is 17.5. The molecule has 0 fully saturated rings. The van der Waals surface area contributed by atoms with Crippen LogP contribution >= 0.6 is 23.2 Å². The molecule has 3 aromatic carbocycles. The molecule has 0 saturated carbocycles. The number of anilines is 3. The highest BCUT2D eigenvalue weighted by molar-refractivity contribution is 7.93. The Kier molecular flexibility index (Phi) is 7.74. The number of carbonyl (C=O) groups is 1. The molecule has 37 heavy (non-hydrogen) atoms. The Balaban J connectivity index is 1.47. The molecule has 0 atom stereocenters. The van der Waals surface area contributed by atoms with Crippen molar-refractivity contribution in [2.45, 2.75) is 11.8 Å². The molecule has 1 aliphatic rings. The fourth-order valence-corrected chi connectivity index (χ4v) is 6.05. The normalized spacial score (nSPS) is 12.7. The molecule has 0 saturated heterocycles. The van der Waals surface area contributed by atoms with Crippen molar-refractivity contribution in [1.82, 2.24) is 0 Å². The zero-order chi connectivity index (χ0) is 26.8. The summed E-state index contributed by atoms with van der Waals surface area (Å²) in [4.78, 5) is 12.7. The number of hydrogen-bond acceptors (Lipinski definition) is 7. The van der Waals surface area contributed by atoms with Crippen molar-refractivity contribution in [1.29, 1.82) is 0 Å². The van der Waals surface area contributed by atoms with Crippen LogP contribution < -0.4 is 23.8 Å². The first kappa shape index (κ1) is 26.9. The Morgan fingerprint density at radius 3 is 2.19 bits per heavy atom. The van der Waals surface area contributed by atoms with E-state index in [1.165, 1.54) is 61.5 Å². The van der Waals surface area contributed by atoms with E-state index in [-0.39, 0.29) is 44.5 Å². The van der Waals surface area contributed by atoms with Crippen LogP contribution in [-0.2, 0) is 24.8 Å². The van der Waals surface area contributed by atoms with Gasteiger partial charge in [0.1, 0.15) is 6.54 Å². The predicted molar refractivity (Wildman–Crippen MR) is 142 cm³/mol. The molecule has 0 aromatic heterocycles. The van der Waals surface area contributed by atoms with E-state index in [0.29, 0.717) is 11.5 Å². The number of nitrogens with one attached hydrogen (secondary N) is 2. The van der Waals surface area contributed by atoms with Crippen molar-refractivity contribution in [2.24, 2.45) is 0 Å². The third kappa shape index (κ3) is 6.39. The average Bonchev–Trinajstić information content (AvgIpc) is 3.30. The standard InChI is InChI=1S/C23H21Cl2N3O7S2/c1-2-36(30,31)28(19-5-8-21-22(12-19)35-14-34-21)13-23(29)26-17-3-6-20(7-4-17)37(32,33)27-18-10-15(24)9-16(25)11-18/h3-12,27H,2,13-14H2,1H3,(H,26,29). The van der Waals surface area contributed by atoms with Gasteiger partial charge in [0.2, 0.25) is 22.7 Å². The number of ether oxygens (including phenoxy) is 2. The summed E-state index contributed by atoms with van der Waals surface area (Å²) in [5, 5.41) is 3.12. The summed E-state index contributed by atoms with van der Waals surface area (Å²) in [6.07, 6.45) is 0. The van der Waals surface area contributed by atoms with Gasteiger partial charge in [-0.2, -0.15) is 0 Å². The fourth-order valence-electron chi connectivity index (χ4n) is 3.42. The van der Waals surface area contributed by atoms with E-state index in [1.54, 1.807) is 6.07 Å². The number of carbonyl (C=O) groups excluding carboxylic acids is 1. The van der Waals surface area contributed by atoms with Crippen LogP contribution in [0, 0.1) is 0 Å². The van der Waals surface area contributed by atoms with Crippen LogP contribution in [0.4, 0.5) is 17.1 Å². The van der Waals surface area contributed by atoms with E-state index in [2.05, 4.69) is 10.0 Å². The molecule has 1 heterocycles. The first-order valence-corrected chi connectivity index (χ1v) is 14.6. The Morgan fingerprint density at radius 1 is 0.892 bits per heavy atom. The van der Waals surface area contributed by atoms with E-state index in [4.69, 9.17) is 32.7 Å². The molecule has 0 spiro atoms. The lowest BCUT2D eigenvalue weighted by atomic mass is 10.2. The molecule has 1 amide bonds. The van der Waals surface area contributed by atoms with Gasteiger partial charge in [-0.1, -0.05) is 23.2 Å². The molecule has 0 unspecified atom stereocenters. The smallest absolute Gasteiger partial charge is 0.261 e. The van der Waals surface area contributed by atoms with Crippen LogP contribution in [0.3, 0.4) is 0 Å². The number of rotatable bonds is 9. The van der Waals surface area contributed by atoms with Crippen LogP contribution in [0.25, 0.3) is 0 Å². The van der Waals surface area contributed by atoms with Gasteiger partial charge in [0.05, 0.1) is 22.0 Å². The van der Waals surface area contributed by atoms with E-state index < -0.39 is 32.5 Å². The molecule has 10 nitrogen and oxygen atoms in total. The maximum atomic E-state index is 12.8. The van der Waals surface area contributed by atoms with Gasteiger partial charge in [-0.3, -0.25) is 13.8 Å². The highest BCUT2D eigenvalue weighted by Crippen LogP contribution is 2.36. The number of halogens is 2. The summed E-state index contributed by atoms with van der Waals surface area (Å²) in [5.41, 5.74) is 0.708. The topological polar surface area (TPSA) is 131 Å². The molecule has 3 aromatic rings. The second-order valence-corrected chi connectivity index (χ2v) is 12.5. The Labute approximate surface area is 224 Å². The zero-order valence-electron chi connectivity index (χ0n) is 19.3. The highest BCUT2D eigenvalue weighted by atomic mass is 35.5. The first-order valence-electron chi connectivity index (χ1n) is 10.8. The number of amides is 1.